The molecule has 0 aliphatic carbocycles. The third-order valence-corrected chi connectivity index (χ3v) is 3.00. The first-order valence-electron chi connectivity index (χ1n) is 5.92. The highest BCUT2D eigenvalue weighted by Gasteiger charge is 2.15. The van der Waals surface area contributed by atoms with E-state index in [1.54, 1.807) is 13.1 Å². The first-order chi connectivity index (χ1) is 9.04. The van der Waals surface area contributed by atoms with E-state index in [0.717, 1.165) is 0 Å². The van der Waals surface area contributed by atoms with Gasteiger partial charge in [0.15, 0.2) is 11.6 Å². The fourth-order valence-corrected chi connectivity index (χ4v) is 2.00. The molecule has 0 saturated carbocycles. The standard InChI is InChI=1S/C15H14F3N/c1-9-3-6-12(15(18)14(9)17)13-7-11(16)5-4-10(13)8-19-2/h3-7,19H,8H2,1-2H3. The highest BCUT2D eigenvalue weighted by Crippen LogP contribution is 2.29. The average Bonchev–Trinajstić information content (AvgIpc) is 2.39. The van der Waals surface area contributed by atoms with Gasteiger partial charge in [0.05, 0.1) is 0 Å². The Bertz CT molecular complexity index is 609. The molecule has 0 atom stereocenters. The van der Waals surface area contributed by atoms with Crippen LogP contribution in [-0.4, -0.2) is 7.05 Å². The van der Waals surface area contributed by atoms with Gasteiger partial charge in [-0.1, -0.05) is 18.2 Å². The molecule has 0 amide bonds. The van der Waals surface area contributed by atoms with Crippen molar-refractivity contribution in [1.29, 1.82) is 0 Å². The van der Waals surface area contributed by atoms with Gasteiger partial charge in [-0.15, -0.1) is 0 Å². The molecule has 2 aromatic carbocycles. The Hall–Kier alpha value is -1.81. The van der Waals surface area contributed by atoms with E-state index in [0.29, 0.717) is 17.7 Å². The maximum absolute atomic E-state index is 14.0. The third kappa shape index (κ3) is 2.63. The van der Waals surface area contributed by atoms with Crippen molar-refractivity contribution < 1.29 is 13.2 Å². The van der Waals surface area contributed by atoms with Gasteiger partial charge in [-0.25, -0.2) is 13.2 Å². The average molecular weight is 265 g/mol. The molecule has 0 aliphatic rings. The minimum absolute atomic E-state index is 0.0767. The molecule has 0 unspecified atom stereocenters. The number of hydrogen-bond donors (Lipinski definition) is 1. The molecule has 2 aromatic rings. The van der Waals surface area contributed by atoms with Crippen molar-refractivity contribution in [3.8, 4) is 11.1 Å². The van der Waals surface area contributed by atoms with Gasteiger partial charge >= 0.3 is 0 Å². The number of rotatable bonds is 3. The SMILES string of the molecule is CNCc1ccc(F)cc1-c1ccc(C)c(F)c1F. The monoisotopic (exact) mass is 265 g/mol. The molecule has 0 aliphatic heterocycles. The van der Waals surface area contributed by atoms with E-state index in [1.165, 1.54) is 31.2 Å². The van der Waals surface area contributed by atoms with Crippen LogP contribution in [0.1, 0.15) is 11.1 Å². The van der Waals surface area contributed by atoms with Crippen molar-refractivity contribution >= 4 is 0 Å². The predicted octanol–water partition coefficient (Wildman–Crippen LogP) is 3.80. The summed E-state index contributed by atoms with van der Waals surface area (Å²) >= 11 is 0. The smallest absolute Gasteiger partial charge is 0.166 e. The Balaban J connectivity index is 2.64. The summed E-state index contributed by atoms with van der Waals surface area (Å²) in [5, 5.41) is 2.92. The van der Waals surface area contributed by atoms with Crippen LogP contribution in [0.5, 0.6) is 0 Å². The lowest BCUT2D eigenvalue weighted by Crippen LogP contribution is -2.07. The van der Waals surface area contributed by atoms with Gasteiger partial charge in [-0.3, -0.25) is 0 Å². The van der Waals surface area contributed by atoms with Gasteiger partial charge in [-0.2, -0.15) is 0 Å². The molecule has 4 heteroatoms. The maximum atomic E-state index is 14.0. The molecule has 19 heavy (non-hydrogen) atoms. The second-order valence-electron chi connectivity index (χ2n) is 4.39. The van der Waals surface area contributed by atoms with E-state index in [-0.39, 0.29) is 11.1 Å². The fourth-order valence-electron chi connectivity index (χ4n) is 2.00. The van der Waals surface area contributed by atoms with E-state index < -0.39 is 17.5 Å². The number of benzene rings is 2. The first kappa shape index (κ1) is 13.6. The zero-order valence-electron chi connectivity index (χ0n) is 10.7. The van der Waals surface area contributed by atoms with E-state index in [4.69, 9.17) is 0 Å². The zero-order valence-corrected chi connectivity index (χ0v) is 10.7. The minimum atomic E-state index is -0.942. The summed E-state index contributed by atoms with van der Waals surface area (Å²) in [5.74, 6) is -2.31. The summed E-state index contributed by atoms with van der Waals surface area (Å²) in [6.07, 6.45) is 0. The molecule has 0 fully saturated rings. The molecule has 0 spiro atoms. The lowest BCUT2D eigenvalue weighted by atomic mass is 9.97. The molecule has 100 valence electrons. The largest absolute Gasteiger partial charge is 0.316 e. The maximum Gasteiger partial charge on any atom is 0.166 e. The van der Waals surface area contributed by atoms with Crippen LogP contribution in [0.15, 0.2) is 30.3 Å². The molecule has 0 radical (unpaired) electrons. The van der Waals surface area contributed by atoms with Crippen LogP contribution in [-0.2, 0) is 6.54 Å². The lowest BCUT2D eigenvalue weighted by molar-refractivity contribution is 0.505. The van der Waals surface area contributed by atoms with Crippen molar-refractivity contribution in [2.45, 2.75) is 13.5 Å². The van der Waals surface area contributed by atoms with Crippen molar-refractivity contribution in [2.24, 2.45) is 0 Å². The Morgan fingerprint density at radius 2 is 1.68 bits per heavy atom. The zero-order chi connectivity index (χ0) is 14.0. The van der Waals surface area contributed by atoms with Gasteiger partial charge < -0.3 is 5.32 Å². The molecule has 0 bridgehead atoms. The van der Waals surface area contributed by atoms with Gasteiger partial charge in [0.25, 0.3) is 0 Å². The van der Waals surface area contributed by atoms with Crippen LogP contribution in [0.3, 0.4) is 0 Å². The molecule has 1 nitrogen and oxygen atoms in total. The second kappa shape index (κ2) is 5.45. The van der Waals surface area contributed by atoms with Crippen molar-refractivity contribution in [1.82, 2.24) is 5.32 Å². The summed E-state index contributed by atoms with van der Waals surface area (Å²) in [4.78, 5) is 0. The molecule has 0 saturated heterocycles. The number of nitrogens with one attached hydrogen (secondary N) is 1. The predicted molar refractivity (Wildman–Crippen MR) is 69.3 cm³/mol. The summed E-state index contributed by atoms with van der Waals surface area (Å²) in [7, 11) is 1.74. The summed E-state index contributed by atoms with van der Waals surface area (Å²) in [5.41, 5.74) is 1.39. The van der Waals surface area contributed by atoms with Crippen LogP contribution in [0, 0.1) is 24.4 Å². The van der Waals surface area contributed by atoms with Crippen molar-refractivity contribution in [3.63, 3.8) is 0 Å². The molecular formula is C15H14F3N. The van der Waals surface area contributed by atoms with Crippen LogP contribution in [0.25, 0.3) is 11.1 Å². The van der Waals surface area contributed by atoms with Gasteiger partial charge in [0, 0.05) is 12.1 Å². The molecular weight excluding hydrogens is 251 g/mol. The number of hydrogen-bond acceptors (Lipinski definition) is 1. The Morgan fingerprint density at radius 1 is 0.947 bits per heavy atom. The van der Waals surface area contributed by atoms with E-state index in [2.05, 4.69) is 5.32 Å². The van der Waals surface area contributed by atoms with Gasteiger partial charge in [-0.05, 0) is 42.8 Å². The topological polar surface area (TPSA) is 12.0 Å². The minimum Gasteiger partial charge on any atom is -0.316 e. The Labute approximate surface area is 110 Å². The summed E-state index contributed by atoms with van der Waals surface area (Å²) < 4.78 is 40.9. The molecule has 1 N–H and O–H groups in total. The summed E-state index contributed by atoms with van der Waals surface area (Å²) in [6.45, 7) is 1.94. The third-order valence-electron chi connectivity index (χ3n) is 3.00. The highest BCUT2D eigenvalue weighted by atomic mass is 19.2. The van der Waals surface area contributed by atoms with E-state index >= 15 is 0 Å². The molecule has 0 aromatic heterocycles. The molecule has 0 heterocycles. The lowest BCUT2D eigenvalue weighted by Gasteiger charge is -2.12. The van der Waals surface area contributed by atoms with Gasteiger partial charge in [0.1, 0.15) is 5.82 Å². The molecule has 2 rings (SSSR count). The highest BCUT2D eigenvalue weighted by molar-refractivity contribution is 5.68. The van der Waals surface area contributed by atoms with Crippen LogP contribution in [0.2, 0.25) is 0 Å². The Morgan fingerprint density at radius 3 is 2.37 bits per heavy atom. The second-order valence-corrected chi connectivity index (χ2v) is 4.39. The normalized spacial score (nSPS) is 10.8. The van der Waals surface area contributed by atoms with E-state index in [1.807, 2.05) is 0 Å². The quantitative estimate of drug-likeness (QED) is 0.890. The summed E-state index contributed by atoms with van der Waals surface area (Å²) in [6, 6.07) is 7.06. The van der Waals surface area contributed by atoms with Crippen LogP contribution in [0.4, 0.5) is 13.2 Å². The number of halogens is 3. The first-order valence-corrected chi connectivity index (χ1v) is 5.92. The van der Waals surface area contributed by atoms with Crippen molar-refractivity contribution in [3.05, 3.63) is 58.9 Å². The van der Waals surface area contributed by atoms with Gasteiger partial charge in [0.2, 0.25) is 0 Å². The van der Waals surface area contributed by atoms with Crippen LogP contribution < -0.4 is 5.32 Å². The van der Waals surface area contributed by atoms with Crippen LogP contribution >= 0.6 is 0 Å². The Kier molecular flexibility index (Phi) is 3.90. The van der Waals surface area contributed by atoms with E-state index in [9.17, 15) is 13.2 Å². The fraction of sp³-hybridized carbons (Fsp3) is 0.200. The number of aryl methyl sites for hydroxylation is 1. The van der Waals surface area contributed by atoms with Crippen molar-refractivity contribution in [2.75, 3.05) is 7.05 Å².